The van der Waals surface area contributed by atoms with Crippen molar-refractivity contribution < 1.29 is 0 Å². The molecule has 18 heavy (non-hydrogen) atoms. The van der Waals surface area contributed by atoms with Crippen molar-refractivity contribution in [2.24, 2.45) is 0 Å². The minimum atomic E-state index is 0.638. The molecule has 0 bridgehead atoms. The van der Waals surface area contributed by atoms with Crippen LogP contribution in [0.1, 0.15) is 11.1 Å². The molecule has 4 heteroatoms. The van der Waals surface area contributed by atoms with Crippen LogP contribution in [0, 0.1) is 0 Å². The van der Waals surface area contributed by atoms with Gasteiger partial charge < -0.3 is 0 Å². The highest BCUT2D eigenvalue weighted by molar-refractivity contribution is 14.1. The standard InChI is InChI=1S/C14H8Cl3I/c15-10-3-1-9(2-4-10)7-14(18)12-6-5-11(16)8-13(12)17/h1-8H/b14-7+. The number of benzene rings is 2. The predicted octanol–water partition coefficient (Wildman–Crippen LogP) is 6.58. The Kier molecular flexibility index (Phi) is 4.96. The molecule has 2 aromatic rings. The van der Waals surface area contributed by atoms with Gasteiger partial charge in [0.25, 0.3) is 0 Å². The quantitative estimate of drug-likeness (QED) is 0.388. The molecule has 0 aliphatic carbocycles. The SMILES string of the molecule is Clc1ccc(/C=C(/I)c2ccc(Cl)cc2Cl)cc1. The van der Waals surface area contributed by atoms with Crippen LogP contribution >= 0.6 is 57.4 Å². The maximum atomic E-state index is 6.16. The van der Waals surface area contributed by atoms with Crippen LogP contribution in [0.5, 0.6) is 0 Å². The summed E-state index contributed by atoms with van der Waals surface area (Å²) in [5.74, 6) is 0. The van der Waals surface area contributed by atoms with Gasteiger partial charge in [-0.15, -0.1) is 0 Å². The molecular formula is C14H8Cl3I. The lowest BCUT2D eigenvalue weighted by Gasteiger charge is -2.04. The van der Waals surface area contributed by atoms with E-state index < -0.39 is 0 Å². The van der Waals surface area contributed by atoms with Gasteiger partial charge >= 0.3 is 0 Å². The smallest absolute Gasteiger partial charge is 0.0503 e. The second kappa shape index (κ2) is 6.29. The largest absolute Gasteiger partial charge is 0.0843 e. The first-order valence-corrected chi connectivity index (χ1v) is 7.36. The van der Waals surface area contributed by atoms with E-state index in [1.54, 1.807) is 6.07 Å². The average molecular weight is 409 g/mol. The molecule has 0 aliphatic rings. The molecule has 92 valence electrons. The zero-order valence-electron chi connectivity index (χ0n) is 9.13. The Morgan fingerprint density at radius 1 is 0.889 bits per heavy atom. The summed E-state index contributed by atoms with van der Waals surface area (Å²) in [6, 6.07) is 13.1. The molecule has 0 amide bonds. The van der Waals surface area contributed by atoms with Crippen molar-refractivity contribution in [1.29, 1.82) is 0 Å². The Bertz CT molecular complexity index is 588. The summed E-state index contributed by atoms with van der Waals surface area (Å²) < 4.78 is 1.05. The summed E-state index contributed by atoms with van der Waals surface area (Å²) >= 11 is 20.1. The Hall–Kier alpha value is -0.220. The van der Waals surface area contributed by atoms with E-state index in [9.17, 15) is 0 Å². The van der Waals surface area contributed by atoms with Gasteiger partial charge in [-0.3, -0.25) is 0 Å². The van der Waals surface area contributed by atoms with E-state index in [1.165, 1.54) is 0 Å². The fourth-order valence-corrected chi connectivity index (χ4v) is 3.09. The zero-order chi connectivity index (χ0) is 13.1. The van der Waals surface area contributed by atoms with E-state index >= 15 is 0 Å². The molecule has 0 saturated heterocycles. The molecule has 0 saturated carbocycles. The number of rotatable bonds is 2. The van der Waals surface area contributed by atoms with Crippen molar-refractivity contribution in [2.75, 3.05) is 0 Å². The third-order valence-corrected chi connectivity index (χ3v) is 4.04. The van der Waals surface area contributed by atoms with Crippen LogP contribution < -0.4 is 0 Å². The lowest BCUT2D eigenvalue weighted by atomic mass is 10.1. The molecule has 0 fully saturated rings. The van der Waals surface area contributed by atoms with E-state index in [4.69, 9.17) is 34.8 Å². The Morgan fingerprint density at radius 2 is 1.50 bits per heavy atom. The van der Waals surface area contributed by atoms with Gasteiger partial charge in [-0.2, -0.15) is 0 Å². The summed E-state index contributed by atoms with van der Waals surface area (Å²) in [5, 5.41) is 2.02. The van der Waals surface area contributed by atoms with Crippen LogP contribution in [0.3, 0.4) is 0 Å². The van der Waals surface area contributed by atoms with Gasteiger partial charge in [0.1, 0.15) is 0 Å². The first-order valence-electron chi connectivity index (χ1n) is 5.14. The molecule has 2 aromatic carbocycles. The maximum absolute atomic E-state index is 6.16. The van der Waals surface area contributed by atoms with Crippen LogP contribution in [-0.4, -0.2) is 0 Å². The molecule has 0 spiro atoms. The molecule has 0 heterocycles. The topological polar surface area (TPSA) is 0 Å². The maximum Gasteiger partial charge on any atom is 0.0503 e. The fourth-order valence-electron chi connectivity index (χ4n) is 1.47. The van der Waals surface area contributed by atoms with Gasteiger partial charge in [0.2, 0.25) is 0 Å². The summed E-state index contributed by atoms with van der Waals surface area (Å²) in [6.07, 6.45) is 2.05. The Labute approximate surface area is 135 Å². The fraction of sp³-hybridized carbons (Fsp3) is 0. The first-order chi connectivity index (χ1) is 8.56. The third-order valence-electron chi connectivity index (χ3n) is 2.35. The molecule has 0 unspecified atom stereocenters. The minimum absolute atomic E-state index is 0.638. The van der Waals surface area contributed by atoms with Crippen molar-refractivity contribution in [3.8, 4) is 0 Å². The first kappa shape index (κ1) is 14.2. The van der Waals surface area contributed by atoms with E-state index in [0.29, 0.717) is 10.0 Å². The van der Waals surface area contributed by atoms with Crippen molar-refractivity contribution in [3.63, 3.8) is 0 Å². The second-order valence-electron chi connectivity index (χ2n) is 3.67. The molecule has 0 atom stereocenters. The van der Waals surface area contributed by atoms with E-state index in [2.05, 4.69) is 22.6 Å². The van der Waals surface area contributed by atoms with Gasteiger partial charge in [0.05, 0.1) is 5.02 Å². The van der Waals surface area contributed by atoms with Crippen LogP contribution in [-0.2, 0) is 0 Å². The molecular weight excluding hydrogens is 401 g/mol. The molecule has 0 N–H and O–H groups in total. The summed E-state index contributed by atoms with van der Waals surface area (Å²) in [7, 11) is 0. The van der Waals surface area contributed by atoms with Crippen molar-refractivity contribution in [3.05, 3.63) is 68.7 Å². The van der Waals surface area contributed by atoms with Gasteiger partial charge in [-0.1, -0.05) is 53.0 Å². The second-order valence-corrected chi connectivity index (χ2v) is 6.11. The predicted molar refractivity (Wildman–Crippen MR) is 89.8 cm³/mol. The molecule has 0 radical (unpaired) electrons. The Balaban J connectivity index is 2.35. The summed E-state index contributed by atoms with van der Waals surface area (Å²) in [5.41, 5.74) is 2.05. The molecule has 0 aromatic heterocycles. The highest BCUT2D eigenvalue weighted by atomic mass is 127. The van der Waals surface area contributed by atoms with Crippen LogP contribution in [0.4, 0.5) is 0 Å². The molecule has 2 rings (SSSR count). The van der Waals surface area contributed by atoms with Gasteiger partial charge in [-0.25, -0.2) is 0 Å². The van der Waals surface area contributed by atoms with E-state index in [-0.39, 0.29) is 0 Å². The van der Waals surface area contributed by atoms with Gasteiger partial charge in [0.15, 0.2) is 0 Å². The summed E-state index contributed by atoms with van der Waals surface area (Å²) in [6.45, 7) is 0. The number of hydrogen-bond acceptors (Lipinski definition) is 0. The van der Waals surface area contributed by atoms with Gasteiger partial charge in [0, 0.05) is 19.2 Å². The molecule has 0 aliphatic heterocycles. The lowest BCUT2D eigenvalue weighted by molar-refractivity contribution is 1.64. The normalized spacial score (nSPS) is 11.7. The van der Waals surface area contributed by atoms with Crippen LogP contribution in [0.2, 0.25) is 15.1 Å². The molecule has 0 nitrogen and oxygen atoms in total. The third kappa shape index (κ3) is 3.64. The van der Waals surface area contributed by atoms with Crippen molar-refractivity contribution >= 4 is 67.0 Å². The van der Waals surface area contributed by atoms with E-state index in [1.807, 2.05) is 42.5 Å². The monoisotopic (exact) mass is 408 g/mol. The average Bonchev–Trinajstić information content (AvgIpc) is 2.32. The number of halogens is 4. The van der Waals surface area contributed by atoms with E-state index in [0.717, 1.165) is 19.7 Å². The Morgan fingerprint density at radius 3 is 2.11 bits per heavy atom. The lowest BCUT2D eigenvalue weighted by Crippen LogP contribution is -1.80. The van der Waals surface area contributed by atoms with Crippen molar-refractivity contribution in [1.82, 2.24) is 0 Å². The van der Waals surface area contributed by atoms with Crippen LogP contribution in [0.15, 0.2) is 42.5 Å². The van der Waals surface area contributed by atoms with Gasteiger partial charge in [-0.05, 0) is 58.5 Å². The number of hydrogen-bond donors (Lipinski definition) is 0. The highest BCUT2D eigenvalue weighted by Crippen LogP contribution is 2.32. The van der Waals surface area contributed by atoms with Crippen molar-refractivity contribution in [2.45, 2.75) is 0 Å². The van der Waals surface area contributed by atoms with Crippen LogP contribution in [0.25, 0.3) is 9.66 Å². The zero-order valence-corrected chi connectivity index (χ0v) is 13.6. The summed E-state index contributed by atoms with van der Waals surface area (Å²) in [4.78, 5) is 0. The highest BCUT2D eigenvalue weighted by Gasteiger charge is 2.04. The minimum Gasteiger partial charge on any atom is -0.0843 e.